The molecule has 32 heavy (non-hydrogen) atoms. The second-order valence-corrected chi connectivity index (χ2v) is 8.50. The highest BCUT2D eigenvalue weighted by atomic mass is 16.3. The molecule has 0 spiro atoms. The van der Waals surface area contributed by atoms with Crippen molar-refractivity contribution in [1.29, 1.82) is 0 Å². The number of benzene rings is 4. The van der Waals surface area contributed by atoms with Crippen molar-refractivity contribution in [1.82, 2.24) is 4.58 Å². The Morgan fingerprint density at radius 1 is 0.812 bits per heavy atom. The normalized spacial score (nSPS) is 11.3. The molecule has 1 aliphatic carbocycles. The fourth-order valence-electron chi connectivity index (χ4n) is 4.38. The van der Waals surface area contributed by atoms with Gasteiger partial charge >= 0.3 is 7.48 Å². The van der Waals surface area contributed by atoms with Crippen molar-refractivity contribution in [3.8, 4) is 22.5 Å². The summed E-state index contributed by atoms with van der Waals surface area (Å²) in [4.78, 5) is 2.08. The van der Waals surface area contributed by atoms with E-state index in [0.717, 1.165) is 60.7 Å². The number of anilines is 1. The Morgan fingerprint density at radius 3 is 2.34 bits per heavy atom. The molecule has 0 unspecified atom stereocenters. The molecule has 4 nitrogen and oxygen atoms in total. The highest BCUT2D eigenvalue weighted by Crippen LogP contribution is 2.42. The average molecular weight is 420 g/mol. The number of hydrogen-bond acceptors (Lipinski definition) is 3. The van der Waals surface area contributed by atoms with Gasteiger partial charge in [-0.3, -0.25) is 0 Å². The molecule has 3 aromatic rings. The zero-order valence-corrected chi connectivity index (χ0v) is 18.8. The van der Waals surface area contributed by atoms with Gasteiger partial charge in [0.2, 0.25) is 5.36 Å². The number of rotatable bonds is 3. The maximum absolute atomic E-state index is 9.76. The molecule has 1 radical (unpaired) electrons. The average Bonchev–Trinajstić information content (AvgIpc) is 2.80. The maximum atomic E-state index is 9.76. The summed E-state index contributed by atoms with van der Waals surface area (Å²) in [6.07, 6.45) is 0. The van der Waals surface area contributed by atoms with Crippen molar-refractivity contribution in [2.75, 3.05) is 33.1 Å². The van der Waals surface area contributed by atoms with Crippen LogP contribution in [0.3, 0.4) is 0 Å². The standard InChI is InChI=1S/C27H25BN2O2/c1-29(2)17-11-13-22-25(15-17)32-26-16-18(30(3)4)12-14-23(26)27(22)21-9-5-8-20-19(21)7-6-10-24(20)28-31/h5-16,31H,1-4H3/q+1. The third kappa shape index (κ3) is 3.26. The third-order valence-electron chi connectivity index (χ3n) is 6.09. The maximum Gasteiger partial charge on any atom is 0.327 e. The lowest BCUT2D eigenvalue weighted by Crippen LogP contribution is -2.21. The SMILES string of the molecule is CN(C)c1ccc2c(-c3cccc4c([B]O)cccc34)c3ccc(=[N+](C)C)cc-3oc2c1. The summed E-state index contributed by atoms with van der Waals surface area (Å²) >= 11 is 0. The number of hydrogen-bond donors (Lipinski definition) is 1. The van der Waals surface area contributed by atoms with Crippen LogP contribution in [0.2, 0.25) is 0 Å². The van der Waals surface area contributed by atoms with E-state index in [1.54, 1.807) is 0 Å². The monoisotopic (exact) mass is 420 g/mol. The van der Waals surface area contributed by atoms with Crippen molar-refractivity contribution in [2.45, 2.75) is 0 Å². The van der Waals surface area contributed by atoms with E-state index in [4.69, 9.17) is 4.42 Å². The van der Waals surface area contributed by atoms with E-state index in [1.807, 2.05) is 46.4 Å². The molecule has 1 N–H and O–H groups in total. The van der Waals surface area contributed by atoms with Crippen LogP contribution in [0.15, 0.2) is 77.2 Å². The van der Waals surface area contributed by atoms with Crippen LogP contribution in [0.4, 0.5) is 5.69 Å². The predicted octanol–water partition coefficient (Wildman–Crippen LogP) is 3.69. The summed E-state index contributed by atoms with van der Waals surface area (Å²) in [5.41, 5.74) is 6.06. The first kappa shape index (κ1) is 20.3. The molecule has 5 rings (SSSR count). The van der Waals surface area contributed by atoms with Crippen LogP contribution in [0.25, 0.3) is 44.2 Å². The molecule has 3 aromatic carbocycles. The summed E-state index contributed by atoms with van der Waals surface area (Å²) in [5.74, 6) is 0.844. The first-order chi connectivity index (χ1) is 15.5. The first-order valence-electron chi connectivity index (χ1n) is 10.7. The minimum atomic E-state index is 0.809. The van der Waals surface area contributed by atoms with Gasteiger partial charge < -0.3 is 14.3 Å². The predicted molar refractivity (Wildman–Crippen MR) is 135 cm³/mol. The lowest BCUT2D eigenvalue weighted by atomic mass is 9.82. The molecule has 0 fully saturated rings. The number of nitrogens with zero attached hydrogens (tertiary/aromatic N) is 2. The van der Waals surface area contributed by atoms with Crippen LogP contribution in [0.1, 0.15) is 0 Å². The van der Waals surface area contributed by atoms with E-state index in [2.05, 4.69) is 64.1 Å². The second-order valence-electron chi connectivity index (χ2n) is 8.50. The van der Waals surface area contributed by atoms with Gasteiger partial charge in [0.1, 0.15) is 25.4 Å². The van der Waals surface area contributed by atoms with Crippen molar-refractivity contribution >= 4 is 40.4 Å². The molecule has 0 amide bonds. The quantitative estimate of drug-likeness (QED) is 0.275. The highest BCUT2D eigenvalue weighted by molar-refractivity contribution is 6.50. The van der Waals surface area contributed by atoms with Crippen molar-refractivity contribution in [2.24, 2.45) is 0 Å². The molecular weight excluding hydrogens is 395 g/mol. The van der Waals surface area contributed by atoms with Gasteiger partial charge in [-0.1, -0.05) is 36.4 Å². The van der Waals surface area contributed by atoms with Gasteiger partial charge in [-0.25, -0.2) is 4.58 Å². The van der Waals surface area contributed by atoms with Gasteiger partial charge in [0.15, 0.2) is 0 Å². The lowest BCUT2D eigenvalue weighted by Gasteiger charge is -2.19. The van der Waals surface area contributed by atoms with Crippen LogP contribution in [0, 0.1) is 0 Å². The molecule has 0 saturated carbocycles. The van der Waals surface area contributed by atoms with Crippen molar-refractivity contribution < 1.29 is 9.44 Å². The lowest BCUT2D eigenvalue weighted by molar-refractivity contribution is 0.615. The van der Waals surface area contributed by atoms with Gasteiger partial charge in [0.05, 0.1) is 6.07 Å². The largest absolute Gasteiger partial charge is 0.456 e. The molecule has 1 heterocycles. The van der Waals surface area contributed by atoms with Gasteiger partial charge in [-0.15, -0.1) is 0 Å². The summed E-state index contributed by atoms with van der Waals surface area (Å²) in [6.45, 7) is 0. The fraction of sp³-hybridized carbons (Fsp3) is 0.148. The van der Waals surface area contributed by atoms with Crippen LogP contribution < -0.4 is 20.3 Å². The summed E-state index contributed by atoms with van der Waals surface area (Å²) in [5, 5.41) is 14.0. The summed E-state index contributed by atoms with van der Waals surface area (Å²) in [6, 6.07) is 25.0. The first-order valence-corrected chi connectivity index (χ1v) is 10.7. The van der Waals surface area contributed by atoms with Gasteiger partial charge in [-0.05, 0) is 40.0 Å². The van der Waals surface area contributed by atoms with E-state index in [9.17, 15) is 5.02 Å². The van der Waals surface area contributed by atoms with Crippen LogP contribution >= 0.6 is 0 Å². The minimum absolute atomic E-state index is 0.809. The van der Waals surface area contributed by atoms with E-state index in [0.29, 0.717) is 0 Å². The van der Waals surface area contributed by atoms with E-state index in [1.165, 1.54) is 7.48 Å². The van der Waals surface area contributed by atoms with Gasteiger partial charge in [0.25, 0.3) is 0 Å². The Balaban J connectivity index is 1.96. The van der Waals surface area contributed by atoms with E-state index >= 15 is 0 Å². The van der Waals surface area contributed by atoms with Crippen molar-refractivity contribution in [3.05, 3.63) is 78.2 Å². The minimum Gasteiger partial charge on any atom is -0.456 e. The smallest absolute Gasteiger partial charge is 0.327 e. The zero-order valence-electron chi connectivity index (χ0n) is 18.8. The highest BCUT2D eigenvalue weighted by Gasteiger charge is 2.20. The fourth-order valence-corrected chi connectivity index (χ4v) is 4.38. The molecule has 2 aliphatic rings. The molecule has 0 bridgehead atoms. The molecule has 0 saturated heterocycles. The Bertz CT molecular complexity index is 1510. The van der Waals surface area contributed by atoms with E-state index < -0.39 is 0 Å². The molecule has 0 atom stereocenters. The Hall–Kier alpha value is -3.57. The van der Waals surface area contributed by atoms with Crippen LogP contribution in [0.5, 0.6) is 0 Å². The van der Waals surface area contributed by atoms with Gasteiger partial charge in [0, 0.05) is 48.4 Å². The third-order valence-corrected chi connectivity index (χ3v) is 6.09. The molecule has 5 heteroatoms. The topological polar surface area (TPSA) is 39.6 Å². The summed E-state index contributed by atoms with van der Waals surface area (Å²) < 4.78 is 8.53. The molecule has 1 aliphatic heterocycles. The van der Waals surface area contributed by atoms with E-state index in [-0.39, 0.29) is 0 Å². The Kier molecular flexibility index (Phi) is 4.99. The zero-order chi connectivity index (χ0) is 22.4. The van der Waals surface area contributed by atoms with Gasteiger partial charge in [-0.2, -0.15) is 0 Å². The molecular formula is C27H25BN2O2+. The molecule has 157 valence electrons. The van der Waals surface area contributed by atoms with Crippen LogP contribution in [-0.4, -0.2) is 40.7 Å². The summed E-state index contributed by atoms with van der Waals surface area (Å²) in [7, 11) is 9.31. The van der Waals surface area contributed by atoms with Crippen molar-refractivity contribution in [3.63, 3.8) is 0 Å². The molecule has 0 aromatic heterocycles. The number of fused-ring (bicyclic) bond motifs is 3. The Morgan fingerprint density at radius 2 is 1.59 bits per heavy atom. The Labute approximate surface area is 188 Å². The van der Waals surface area contributed by atoms with Crippen LogP contribution in [-0.2, 0) is 0 Å². The second kappa shape index (κ2) is 7.84.